The number of benzene rings is 2. The van der Waals surface area contributed by atoms with Crippen molar-refractivity contribution in [3.8, 4) is 0 Å². The van der Waals surface area contributed by atoms with Crippen LogP contribution in [0.3, 0.4) is 0 Å². The first-order valence-electron chi connectivity index (χ1n) is 14.4. The number of carbonyl (C=O) groups is 1. The molecule has 3 aliphatic heterocycles. The Morgan fingerprint density at radius 2 is 1.54 bits per heavy atom. The van der Waals surface area contributed by atoms with Gasteiger partial charge < -0.3 is 34.8 Å². The van der Waals surface area contributed by atoms with Crippen molar-refractivity contribution in [3.63, 3.8) is 0 Å². The van der Waals surface area contributed by atoms with Crippen LogP contribution in [0.15, 0.2) is 42.5 Å². The molecule has 0 spiro atoms. The number of piperidine rings is 1. The zero-order valence-corrected chi connectivity index (χ0v) is 22.9. The van der Waals surface area contributed by atoms with E-state index in [2.05, 4.69) is 43.5 Å². The van der Waals surface area contributed by atoms with E-state index in [1.165, 1.54) is 18.4 Å². The molecule has 0 bridgehead atoms. The van der Waals surface area contributed by atoms with Crippen LogP contribution in [-0.4, -0.2) is 89.7 Å². The Hall–Kier alpha value is -2.88. The number of ether oxygens (including phenoxy) is 2. The van der Waals surface area contributed by atoms with Gasteiger partial charge in [0.05, 0.1) is 26.4 Å². The van der Waals surface area contributed by atoms with E-state index in [1.807, 2.05) is 12.1 Å². The lowest BCUT2D eigenvalue weighted by molar-refractivity contribution is 0.122. The number of halogens is 1. The second-order valence-electron chi connectivity index (χ2n) is 10.8. The summed E-state index contributed by atoms with van der Waals surface area (Å²) in [5.41, 5.74) is 4.23. The van der Waals surface area contributed by atoms with E-state index in [1.54, 1.807) is 12.1 Å². The molecule has 1 atom stereocenters. The van der Waals surface area contributed by atoms with Crippen molar-refractivity contribution in [2.24, 2.45) is 5.92 Å². The maximum absolute atomic E-state index is 13.2. The second kappa shape index (κ2) is 14.0. The lowest BCUT2D eigenvalue weighted by atomic mass is 9.91. The fourth-order valence-electron chi connectivity index (χ4n) is 5.83. The molecular formula is C30H42FN5O3. The van der Waals surface area contributed by atoms with Crippen molar-refractivity contribution >= 4 is 23.1 Å². The number of amides is 2. The topological polar surface area (TPSA) is 69.3 Å². The number of carbonyl (C=O) groups excluding carboxylic acids is 1. The molecule has 0 aliphatic carbocycles. The van der Waals surface area contributed by atoms with Crippen LogP contribution in [0, 0.1) is 11.7 Å². The molecule has 2 aromatic rings. The van der Waals surface area contributed by atoms with Gasteiger partial charge in [0.1, 0.15) is 5.82 Å². The van der Waals surface area contributed by atoms with Crippen molar-refractivity contribution < 1.29 is 18.7 Å². The summed E-state index contributed by atoms with van der Waals surface area (Å²) in [6.07, 6.45) is 4.30. The van der Waals surface area contributed by atoms with Crippen LogP contribution in [-0.2, 0) is 15.9 Å². The molecule has 0 aromatic heterocycles. The lowest BCUT2D eigenvalue weighted by Gasteiger charge is -2.33. The number of hydrogen-bond acceptors (Lipinski definition) is 6. The minimum absolute atomic E-state index is 0.171. The smallest absolute Gasteiger partial charge is 0.319 e. The first kappa shape index (κ1) is 27.7. The number of nitrogens with one attached hydrogen (secondary N) is 2. The summed E-state index contributed by atoms with van der Waals surface area (Å²) in [6, 6.07) is 13.1. The molecule has 0 radical (unpaired) electrons. The molecule has 2 amide bonds. The van der Waals surface area contributed by atoms with Gasteiger partial charge in [-0.05, 0) is 80.6 Å². The minimum atomic E-state index is -0.178. The standard InChI is InChI=1S/C30H42FN5O3/c31-26-6-4-24(5-7-26)19-25-3-1-9-34(23-25)10-2-8-32-30(37)33-27-20-28(35-11-15-38-16-12-35)22-29(21-27)36-13-17-39-18-14-36/h4-7,20-22,25H,1-3,8-19,23H2,(H2,32,33,37). The first-order chi connectivity index (χ1) is 19.1. The predicted molar refractivity (Wildman–Crippen MR) is 153 cm³/mol. The van der Waals surface area contributed by atoms with Crippen molar-refractivity contribution in [2.45, 2.75) is 25.7 Å². The molecule has 9 heteroatoms. The normalized spacial score (nSPS) is 20.6. The van der Waals surface area contributed by atoms with Crippen molar-refractivity contribution in [1.29, 1.82) is 0 Å². The Bertz CT molecular complexity index is 1020. The maximum Gasteiger partial charge on any atom is 0.319 e. The summed E-state index contributed by atoms with van der Waals surface area (Å²) >= 11 is 0. The molecule has 3 heterocycles. The molecule has 2 aromatic carbocycles. The molecule has 3 saturated heterocycles. The van der Waals surface area contributed by atoms with Gasteiger partial charge in [0.2, 0.25) is 0 Å². The number of anilines is 3. The Kier molecular flexibility index (Phi) is 9.91. The highest BCUT2D eigenvalue weighted by atomic mass is 19.1. The Labute approximate surface area is 231 Å². The fourth-order valence-corrected chi connectivity index (χ4v) is 5.83. The van der Waals surface area contributed by atoms with Gasteiger partial charge in [0, 0.05) is 56.3 Å². The second-order valence-corrected chi connectivity index (χ2v) is 10.8. The zero-order valence-electron chi connectivity index (χ0n) is 22.9. The van der Waals surface area contributed by atoms with E-state index < -0.39 is 0 Å². The van der Waals surface area contributed by atoms with E-state index >= 15 is 0 Å². The molecular weight excluding hydrogens is 497 g/mol. The van der Waals surface area contributed by atoms with Crippen molar-refractivity contribution in [2.75, 3.05) is 93.9 Å². The van der Waals surface area contributed by atoms with Crippen LogP contribution in [0.2, 0.25) is 0 Å². The average Bonchev–Trinajstić information content (AvgIpc) is 2.97. The van der Waals surface area contributed by atoms with Crippen LogP contribution in [0.4, 0.5) is 26.2 Å². The summed E-state index contributed by atoms with van der Waals surface area (Å²) < 4.78 is 24.3. The summed E-state index contributed by atoms with van der Waals surface area (Å²) in [4.78, 5) is 19.9. The van der Waals surface area contributed by atoms with Crippen LogP contribution in [0.5, 0.6) is 0 Å². The third-order valence-corrected chi connectivity index (χ3v) is 7.89. The summed E-state index contributed by atoms with van der Waals surface area (Å²) in [5.74, 6) is 0.419. The monoisotopic (exact) mass is 539 g/mol. The quantitative estimate of drug-likeness (QED) is 0.470. The van der Waals surface area contributed by atoms with E-state index in [0.29, 0.717) is 12.5 Å². The average molecular weight is 540 g/mol. The van der Waals surface area contributed by atoms with Crippen molar-refractivity contribution in [3.05, 3.63) is 53.8 Å². The zero-order chi connectivity index (χ0) is 26.9. The molecule has 8 nitrogen and oxygen atoms in total. The summed E-state index contributed by atoms with van der Waals surface area (Å²) in [7, 11) is 0. The van der Waals surface area contributed by atoms with Gasteiger partial charge in [-0.1, -0.05) is 12.1 Å². The van der Waals surface area contributed by atoms with Gasteiger partial charge >= 0.3 is 6.03 Å². The van der Waals surface area contributed by atoms with Gasteiger partial charge in [-0.3, -0.25) is 0 Å². The van der Waals surface area contributed by atoms with E-state index in [9.17, 15) is 9.18 Å². The molecule has 0 saturated carbocycles. The molecule has 212 valence electrons. The number of urea groups is 1. The predicted octanol–water partition coefficient (Wildman–Crippen LogP) is 3.97. The summed E-state index contributed by atoms with van der Waals surface area (Å²) in [6.45, 7) is 10.0. The van der Waals surface area contributed by atoms with Gasteiger partial charge in [-0.25, -0.2) is 9.18 Å². The largest absolute Gasteiger partial charge is 0.378 e. The van der Waals surface area contributed by atoms with Gasteiger partial charge in [0.15, 0.2) is 0 Å². The van der Waals surface area contributed by atoms with E-state index in [4.69, 9.17) is 9.47 Å². The van der Waals surface area contributed by atoms with E-state index in [-0.39, 0.29) is 11.8 Å². The molecule has 39 heavy (non-hydrogen) atoms. The molecule has 3 aliphatic rings. The van der Waals surface area contributed by atoms with Gasteiger partial charge in [0.25, 0.3) is 0 Å². The highest BCUT2D eigenvalue weighted by molar-refractivity contribution is 5.90. The van der Waals surface area contributed by atoms with Crippen LogP contribution in [0.1, 0.15) is 24.8 Å². The molecule has 3 fully saturated rings. The number of nitrogens with zero attached hydrogens (tertiary/aromatic N) is 3. The first-order valence-corrected chi connectivity index (χ1v) is 14.4. The molecule has 2 N–H and O–H groups in total. The number of rotatable bonds is 9. The highest BCUT2D eigenvalue weighted by Crippen LogP contribution is 2.29. The molecule has 1 unspecified atom stereocenters. The lowest BCUT2D eigenvalue weighted by Crippen LogP contribution is -2.39. The Morgan fingerprint density at radius 1 is 0.897 bits per heavy atom. The number of morpholine rings is 2. The van der Waals surface area contributed by atoms with Crippen LogP contribution < -0.4 is 20.4 Å². The summed E-state index contributed by atoms with van der Waals surface area (Å²) in [5, 5.41) is 6.12. The maximum atomic E-state index is 13.2. The SMILES string of the molecule is O=C(NCCCN1CCCC(Cc2ccc(F)cc2)C1)Nc1cc(N2CCOCC2)cc(N2CCOCC2)c1. The number of likely N-dealkylation sites (tertiary alicyclic amines) is 1. The number of hydrogen-bond donors (Lipinski definition) is 2. The Morgan fingerprint density at radius 3 is 2.18 bits per heavy atom. The third kappa shape index (κ3) is 8.30. The van der Waals surface area contributed by atoms with Crippen molar-refractivity contribution in [1.82, 2.24) is 10.2 Å². The third-order valence-electron chi connectivity index (χ3n) is 7.89. The van der Waals surface area contributed by atoms with Gasteiger partial charge in [-0.2, -0.15) is 0 Å². The van der Waals surface area contributed by atoms with Gasteiger partial charge in [-0.15, -0.1) is 0 Å². The molecule has 5 rings (SSSR count). The van der Waals surface area contributed by atoms with Crippen LogP contribution in [0.25, 0.3) is 0 Å². The van der Waals surface area contributed by atoms with Crippen LogP contribution >= 0.6 is 0 Å². The fraction of sp³-hybridized carbons (Fsp3) is 0.567. The minimum Gasteiger partial charge on any atom is -0.378 e. The van der Waals surface area contributed by atoms with E-state index in [0.717, 1.165) is 102 Å². The Balaban J connectivity index is 1.09. The highest BCUT2D eigenvalue weighted by Gasteiger charge is 2.20.